The largest absolute Gasteiger partial charge is 0.370 e. The van der Waals surface area contributed by atoms with E-state index < -0.39 is 0 Å². The molecule has 0 aromatic heterocycles. The molecule has 3 rings (SSSR count). The molecule has 0 amide bonds. The molecule has 0 atom stereocenters. The molecule has 0 aliphatic heterocycles. The Morgan fingerprint density at radius 2 is 1.10 bits per heavy atom. The molecular formula is C36H53N5O. The van der Waals surface area contributed by atoms with E-state index in [1.165, 1.54) is 11.4 Å². The molecule has 0 saturated carbocycles. The number of rotatable bonds is 15. The van der Waals surface area contributed by atoms with Crippen molar-refractivity contribution >= 4 is 40.0 Å². The van der Waals surface area contributed by atoms with E-state index >= 15 is 0 Å². The van der Waals surface area contributed by atoms with Gasteiger partial charge in [-0.15, -0.1) is 0 Å². The molecule has 2 aromatic rings. The SMILES string of the molecule is CCCCN(CCCC)C1=CC(=O)C(=Nc2ccc(N(CC)C(C)C)cc2)CC1=Nc1ccc(N(CC)C(C)C)cc1. The molecule has 0 radical (unpaired) electrons. The molecule has 0 N–H and O–H groups in total. The first-order chi connectivity index (χ1) is 20.2. The number of anilines is 2. The maximum absolute atomic E-state index is 13.5. The van der Waals surface area contributed by atoms with Crippen LogP contribution in [0.3, 0.4) is 0 Å². The molecule has 2 aromatic carbocycles. The fraction of sp³-hybridized carbons (Fsp3) is 0.528. The van der Waals surface area contributed by atoms with Crippen LogP contribution >= 0.6 is 0 Å². The van der Waals surface area contributed by atoms with E-state index in [1.807, 2.05) is 12.1 Å². The number of carbonyl (C=O) groups excluding carboxylic acids is 1. The zero-order valence-electron chi connectivity index (χ0n) is 27.4. The summed E-state index contributed by atoms with van der Waals surface area (Å²) in [7, 11) is 0. The van der Waals surface area contributed by atoms with Crippen molar-refractivity contribution < 1.29 is 4.79 Å². The van der Waals surface area contributed by atoms with Crippen molar-refractivity contribution in [2.75, 3.05) is 36.0 Å². The van der Waals surface area contributed by atoms with Crippen LogP contribution in [-0.2, 0) is 4.79 Å². The first kappa shape index (κ1) is 33.1. The minimum Gasteiger partial charge on any atom is -0.370 e. The highest BCUT2D eigenvalue weighted by atomic mass is 16.1. The van der Waals surface area contributed by atoms with E-state index in [1.54, 1.807) is 6.08 Å². The molecule has 42 heavy (non-hydrogen) atoms. The van der Waals surface area contributed by atoms with Gasteiger partial charge < -0.3 is 14.7 Å². The third kappa shape index (κ3) is 8.80. The molecule has 0 fully saturated rings. The summed E-state index contributed by atoms with van der Waals surface area (Å²) >= 11 is 0. The molecule has 0 bridgehead atoms. The maximum atomic E-state index is 13.5. The first-order valence-electron chi connectivity index (χ1n) is 16.1. The van der Waals surface area contributed by atoms with E-state index in [0.717, 1.165) is 74.6 Å². The Kier molecular flexibility index (Phi) is 12.8. The second-order valence-electron chi connectivity index (χ2n) is 11.7. The van der Waals surface area contributed by atoms with E-state index in [0.29, 0.717) is 24.2 Å². The molecule has 228 valence electrons. The minimum absolute atomic E-state index is 0.0192. The zero-order chi connectivity index (χ0) is 30.6. The number of hydrogen-bond donors (Lipinski definition) is 0. The minimum atomic E-state index is -0.0192. The summed E-state index contributed by atoms with van der Waals surface area (Å²) in [6, 6.07) is 17.6. The normalized spacial score (nSPS) is 15.6. The van der Waals surface area contributed by atoms with Gasteiger partial charge in [0.1, 0.15) is 0 Å². The summed E-state index contributed by atoms with van der Waals surface area (Å²) in [5.74, 6) is -0.0192. The highest BCUT2D eigenvalue weighted by molar-refractivity contribution is 6.50. The Morgan fingerprint density at radius 3 is 1.48 bits per heavy atom. The van der Waals surface area contributed by atoms with Gasteiger partial charge in [-0.3, -0.25) is 9.79 Å². The van der Waals surface area contributed by atoms with E-state index in [-0.39, 0.29) is 5.78 Å². The number of benzene rings is 2. The summed E-state index contributed by atoms with van der Waals surface area (Å²) in [4.78, 5) is 30.6. The van der Waals surface area contributed by atoms with Crippen LogP contribution in [-0.4, -0.2) is 60.4 Å². The van der Waals surface area contributed by atoms with Crippen molar-refractivity contribution in [2.24, 2.45) is 9.98 Å². The first-order valence-corrected chi connectivity index (χ1v) is 16.1. The van der Waals surface area contributed by atoms with Gasteiger partial charge in [0.15, 0.2) is 0 Å². The predicted molar refractivity (Wildman–Crippen MR) is 182 cm³/mol. The number of hydrogen-bond acceptors (Lipinski definition) is 6. The van der Waals surface area contributed by atoms with Gasteiger partial charge in [-0.25, -0.2) is 4.99 Å². The van der Waals surface area contributed by atoms with E-state index in [4.69, 9.17) is 9.98 Å². The van der Waals surface area contributed by atoms with Gasteiger partial charge in [-0.05, 0) is 103 Å². The van der Waals surface area contributed by atoms with Gasteiger partial charge in [-0.2, -0.15) is 0 Å². The average molecular weight is 572 g/mol. The molecule has 0 saturated heterocycles. The lowest BCUT2D eigenvalue weighted by molar-refractivity contribution is -0.109. The van der Waals surface area contributed by atoms with Gasteiger partial charge in [0, 0.05) is 62.1 Å². The number of nitrogens with zero attached hydrogens (tertiary/aromatic N) is 5. The van der Waals surface area contributed by atoms with Crippen molar-refractivity contribution in [1.82, 2.24) is 4.90 Å². The van der Waals surface area contributed by atoms with Crippen LogP contribution < -0.4 is 9.80 Å². The van der Waals surface area contributed by atoms with Crippen molar-refractivity contribution in [3.05, 3.63) is 60.3 Å². The fourth-order valence-electron chi connectivity index (χ4n) is 5.58. The van der Waals surface area contributed by atoms with Crippen LogP contribution in [0.5, 0.6) is 0 Å². The summed E-state index contributed by atoms with van der Waals surface area (Å²) in [6.45, 7) is 21.3. The molecule has 0 spiro atoms. The van der Waals surface area contributed by atoms with Crippen molar-refractivity contribution in [1.29, 1.82) is 0 Å². The molecular weight excluding hydrogens is 518 g/mol. The van der Waals surface area contributed by atoms with Crippen molar-refractivity contribution in [3.8, 4) is 0 Å². The highest BCUT2D eigenvalue weighted by Gasteiger charge is 2.27. The van der Waals surface area contributed by atoms with Gasteiger partial charge >= 0.3 is 0 Å². The van der Waals surface area contributed by atoms with Gasteiger partial charge in [0.25, 0.3) is 0 Å². The molecule has 1 aliphatic carbocycles. The second kappa shape index (κ2) is 16.3. The van der Waals surface area contributed by atoms with Crippen LogP contribution in [0.25, 0.3) is 0 Å². The molecule has 6 nitrogen and oxygen atoms in total. The summed E-state index contributed by atoms with van der Waals surface area (Å²) in [6.07, 6.45) is 6.58. The average Bonchev–Trinajstić information content (AvgIpc) is 2.97. The Labute approximate surface area is 255 Å². The van der Waals surface area contributed by atoms with E-state index in [9.17, 15) is 4.79 Å². The topological polar surface area (TPSA) is 51.5 Å². The second-order valence-corrected chi connectivity index (χ2v) is 11.7. The van der Waals surface area contributed by atoms with Crippen LogP contribution in [0.2, 0.25) is 0 Å². The number of ketones is 1. The van der Waals surface area contributed by atoms with E-state index in [2.05, 4.69) is 106 Å². The van der Waals surface area contributed by atoms with Gasteiger partial charge in [0.05, 0.1) is 28.5 Å². The zero-order valence-corrected chi connectivity index (χ0v) is 27.4. The maximum Gasteiger partial charge on any atom is 0.202 e. The third-order valence-corrected chi connectivity index (χ3v) is 7.91. The number of aliphatic imine (C=N–C) groups is 2. The molecule has 1 aliphatic rings. The predicted octanol–water partition coefficient (Wildman–Crippen LogP) is 8.76. The lowest BCUT2D eigenvalue weighted by atomic mass is 9.97. The van der Waals surface area contributed by atoms with Gasteiger partial charge in [-0.1, -0.05) is 26.7 Å². The van der Waals surface area contributed by atoms with Crippen LogP contribution in [0.4, 0.5) is 22.7 Å². The van der Waals surface area contributed by atoms with Crippen LogP contribution in [0.1, 0.15) is 87.5 Å². The van der Waals surface area contributed by atoms with Crippen LogP contribution in [0.15, 0.2) is 70.3 Å². The number of allylic oxidation sites excluding steroid dienone is 2. The third-order valence-electron chi connectivity index (χ3n) is 7.91. The Morgan fingerprint density at radius 1 is 0.667 bits per heavy atom. The molecule has 0 unspecified atom stereocenters. The molecule has 0 heterocycles. The number of carbonyl (C=O) groups is 1. The van der Waals surface area contributed by atoms with Crippen molar-refractivity contribution in [3.63, 3.8) is 0 Å². The monoisotopic (exact) mass is 571 g/mol. The summed E-state index contributed by atoms with van der Waals surface area (Å²) in [5, 5.41) is 0. The highest BCUT2D eigenvalue weighted by Crippen LogP contribution is 2.27. The Balaban J connectivity index is 2.00. The Hall–Kier alpha value is -3.41. The number of unbranched alkanes of at least 4 members (excludes halogenated alkanes) is 2. The standard InChI is InChI=1S/C36H53N5O/c1-9-13-23-39(24-14-10-2)35-26-36(42)34(38-30-17-21-32(22-18-30)41(12-4)28(7)8)25-33(35)37-29-15-19-31(20-16-29)40(11-3)27(5)6/h15-22,26-28H,9-14,23-25H2,1-8H3. The Bertz CT molecular complexity index is 1220. The fourth-order valence-corrected chi connectivity index (χ4v) is 5.58. The van der Waals surface area contributed by atoms with Crippen LogP contribution in [0, 0.1) is 0 Å². The lowest BCUT2D eigenvalue weighted by Crippen LogP contribution is -2.35. The summed E-state index contributed by atoms with van der Waals surface area (Å²) in [5.41, 5.74) is 6.47. The van der Waals surface area contributed by atoms with Gasteiger partial charge in [0.2, 0.25) is 5.78 Å². The lowest BCUT2D eigenvalue weighted by Gasteiger charge is -2.30. The molecule has 6 heteroatoms. The summed E-state index contributed by atoms with van der Waals surface area (Å²) < 4.78 is 0. The quantitative estimate of drug-likeness (QED) is 0.214. The smallest absolute Gasteiger partial charge is 0.202 e. The van der Waals surface area contributed by atoms with Crippen molar-refractivity contribution in [2.45, 2.75) is 99.6 Å².